The Bertz CT molecular complexity index is 732. The Morgan fingerprint density at radius 3 is 2.41 bits per heavy atom. The molecule has 0 saturated heterocycles. The molecule has 0 spiro atoms. The lowest BCUT2D eigenvalue weighted by atomic mass is 9.97. The van der Waals surface area contributed by atoms with Gasteiger partial charge in [-0.05, 0) is 25.0 Å². The number of amides is 1. The summed E-state index contributed by atoms with van der Waals surface area (Å²) < 4.78 is 0. The summed E-state index contributed by atoms with van der Waals surface area (Å²) in [6, 6.07) is 5.90. The van der Waals surface area contributed by atoms with Crippen molar-refractivity contribution in [3.63, 3.8) is 0 Å². The third-order valence-corrected chi connectivity index (χ3v) is 4.33. The van der Waals surface area contributed by atoms with Crippen LogP contribution >= 0.6 is 11.3 Å². The smallest absolute Gasteiger partial charge is 0.339 e. The van der Waals surface area contributed by atoms with E-state index in [1.807, 2.05) is 32.0 Å². The molecule has 2 N–H and O–H groups in total. The minimum atomic E-state index is -1.03. The summed E-state index contributed by atoms with van der Waals surface area (Å²) in [5, 5.41) is 14.4. The van der Waals surface area contributed by atoms with E-state index in [0.29, 0.717) is 10.6 Å². The predicted molar refractivity (Wildman–Crippen MR) is 89.7 cm³/mol. The van der Waals surface area contributed by atoms with Crippen LogP contribution in [0, 0.1) is 19.8 Å². The van der Waals surface area contributed by atoms with Crippen molar-refractivity contribution in [3.8, 4) is 11.1 Å². The number of benzene rings is 1. The van der Waals surface area contributed by atoms with Crippen molar-refractivity contribution < 1.29 is 14.7 Å². The maximum Gasteiger partial charge on any atom is 0.339 e. The first-order valence-corrected chi connectivity index (χ1v) is 7.92. The Balaban J connectivity index is 2.51. The number of aromatic carboxylic acids is 1. The van der Waals surface area contributed by atoms with Crippen molar-refractivity contribution in [2.24, 2.45) is 5.92 Å². The van der Waals surface area contributed by atoms with E-state index in [4.69, 9.17) is 0 Å². The van der Waals surface area contributed by atoms with Crippen molar-refractivity contribution in [3.05, 3.63) is 40.3 Å². The molecule has 22 heavy (non-hydrogen) atoms. The summed E-state index contributed by atoms with van der Waals surface area (Å²) in [4.78, 5) is 23.5. The van der Waals surface area contributed by atoms with Gasteiger partial charge in [0.15, 0.2) is 0 Å². The van der Waals surface area contributed by atoms with Crippen LogP contribution in [0.5, 0.6) is 0 Å². The molecule has 0 atom stereocenters. The molecule has 4 nitrogen and oxygen atoms in total. The number of aryl methyl sites for hydroxylation is 2. The molecule has 1 amide bonds. The number of carboxylic acid groups (broad SMARTS) is 1. The zero-order chi connectivity index (χ0) is 16.4. The van der Waals surface area contributed by atoms with E-state index in [1.165, 1.54) is 11.3 Å². The SMILES string of the molecule is Cc1ccc(-c2csc(NC(=O)C(C)C)c2C(=O)O)c(C)c1. The molecular formula is C17H19NO3S. The van der Waals surface area contributed by atoms with E-state index < -0.39 is 5.97 Å². The fourth-order valence-electron chi connectivity index (χ4n) is 2.23. The number of anilines is 1. The predicted octanol–water partition coefficient (Wildman–Crippen LogP) is 4.32. The van der Waals surface area contributed by atoms with Crippen LogP contribution in [0.4, 0.5) is 5.00 Å². The summed E-state index contributed by atoms with van der Waals surface area (Å²) in [6.45, 7) is 7.50. The molecule has 1 aromatic heterocycles. The summed E-state index contributed by atoms with van der Waals surface area (Å²) in [5.41, 5.74) is 3.83. The van der Waals surface area contributed by atoms with Gasteiger partial charge in [0, 0.05) is 16.9 Å². The van der Waals surface area contributed by atoms with Gasteiger partial charge in [0.25, 0.3) is 0 Å². The number of thiophene rings is 1. The van der Waals surface area contributed by atoms with Gasteiger partial charge in [-0.2, -0.15) is 0 Å². The van der Waals surface area contributed by atoms with Crippen LogP contribution in [-0.2, 0) is 4.79 Å². The molecule has 116 valence electrons. The van der Waals surface area contributed by atoms with E-state index in [9.17, 15) is 14.7 Å². The molecule has 2 rings (SSSR count). The minimum Gasteiger partial charge on any atom is -0.478 e. The van der Waals surface area contributed by atoms with E-state index >= 15 is 0 Å². The fourth-order valence-corrected chi connectivity index (χ4v) is 3.19. The molecule has 0 saturated carbocycles. The second-order valence-corrected chi connectivity index (χ2v) is 6.50. The molecule has 0 unspecified atom stereocenters. The molecular weight excluding hydrogens is 298 g/mol. The largest absolute Gasteiger partial charge is 0.478 e. The Hall–Kier alpha value is -2.14. The van der Waals surface area contributed by atoms with Crippen LogP contribution in [0.3, 0.4) is 0 Å². The van der Waals surface area contributed by atoms with Crippen molar-refractivity contribution in [1.82, 2.24) is 0 Å². The summed E-state index contributed by atoms with van der Waals surface area (Å²) in [7, 11) is 0. The first kappa shape index (κ1) is 16.2. The molecule has 1 heterocycles. The average Bonchev–Trinajstić information content (AvgIpc) is 2.82. The normalized spacial score (nSPS) is 10.8. The number of carbonyl (C=O) groups is 2. The lowest BCUT2D eigenvalue weighted by Crippen LogP contribution is -2.18. The third-order valence-electron chi connectivity index (χ3n) is 3.44. The Labute approximate surface area is 133 Å². The summed E-state index contributed by atoms with van der Waals surface area (Å²) in [5.74, 6) is -1.42. The van der Waals surface area contributed by atoms with Gasteiger partial charge in [0.2, 0.25) is 5.91 Å². The van der Waals surface area contributed by atoms with E-state index in [2.05, 4.69) is 5.32 Å². The second kappa shape index (κ2) is 6.32. The molecule has 0 bridgehead atoms. The Kier molecular flexibility index (Phi) is 4.66. The Morgan fingerprint density at radius 2 is 1.86 bits per heavy atom. The second-order valence-electron chi connectivity index (χ2n) is 5.62. The maximum atomic E-state index is 11.8. The van der Waals surface area contributed by atoms with Crippen molar-refractivity contribution in [1.29, 1.82) is 0 Å². The number of hydrogen-bond acceptors (Lipinski definition) is 3. The van der Waals surface area contributed by atoms with Gasteiger partial charge in [-0.1, -0.05) is 37.6 Å². The molecule has 0 aliphatic carbocycles. The van der Waals surface area contributed by atoms with Crippen molar-refractivity contribution in [2.75, 3.05) is 5.32 Å². The number of carboxylic acids is 1. The first-order valence-electron chi connectivity index (χ1n) is 7.04. The molecule has 0 aliphatic heterocycles. The maximum absolute atomic E-state index is 11.8. The number of carbonyl (C=O) groups excluding carboxylic acids is 1. The number of rotatable bonds is 4. The topological polar surface area (TPSA) is 66.4 Å². The highest BCUT2D eigenvalue weighted by Crippen LogP contribution is 2.37. The summed E-state index contributed by atoms with van der Waals surface area (Å²) >= 11 is 1.25. The van der Waals surface area contributed by atoms with Gasteiger partial charge in [-0.3, -0.25) is 4.79 Å². The van der Waals surface area contributed by atoms with E-state index in [0.717, 1.165) is 16.7 Å². The van der Waals surface area contributed by atoms with Crippen LogP contribution < -0.4 is 5.32 Å². The van der Waals surface area contributed by atoms with Crippen LogP contribution in [0.1, 0.15) is 35.3 Å². The molecule has 0 fully saturated rings. The molecule has 1 aromatic carbocycles. The third kappa shape index (κ3) is 3.20. The Morgan fingerprint density at radius 1 is 1.18 bits per heavy atom. The van der Waals surface area contributed by atoms with Gasteiger partial charge in [0.05, 0.1) is 0 Å². The van der Waals surface area contributed by atoms with E-state index in [-0.39, 0.29) is 17.4 Å². The highest BCUT2D eigenvalue weighted by Gasteiger charge is 2.22. The van der Waals surface area contributed by atoms with Gasteiger partial charge in [-0.15, -0.1) is 11.3 Å². The highest BCUT2D eigenvalue weighted by atomic mass is 32.1. The van der Waals surface area contributed by atoms with E-state index in [1.54, 1.807) is 19.2 Å². The van der Waals surface area contributed by atoms with Gasteiger partial charge in [-0.25, -0.2) is 4.79 Å². The molecule has 0 radical (unpaired) electrons. The lowest BCUT2D eigenvalue weighted by Gasteiger charge is -2.09. The van der Waals surface area contributed by atoms with Crippen molar-refractivity contribution >= 4 is 28.2 Å². The molecule has 0 aliphatic rings. The zero-order valence-electron chi connectivity index (χ0n) is 13.1. The monoisotopic (exact) mass is 317 g/mol. The summed E-state index contributed by atoms with van der Waals surface area (Å²) in [6.07, 6.45) is 0. The zero-order valence-corrected chi connectivity index (χ0v) is 13.9. The average molecular weight is 317 g/mol. The van der Waals surface area contributed by atoms with Gasteiger partial charge >= 0.3 is 5.97 Å². The van der Waals surface area contributed by atoms with Crippen LogP contribution in [0.2, 0.25) is 0 Å². The minimum absolute atomic E-state index is 0.158. The first-order chi connectivity index (χ1) is 10.3. The quantitative estimate of drug-likeness (QED) is 0.882. The molecule has 2 aromatic rings. The van der Waals surface area contributed by atoms with Gasteiger partial charge in [0.1, 0.15) is 10.6 Å². The van der Waals surface area contributed by atoms with Crippen molar-refractivity contribution in [2.45, 2.75) is 27.7 Å². The number of nitrogens with one attached hydrogen (secondary N) is 1. The van der Waals surface area contributed by atoms with Gasteiger partial charge < -0.3 is 10.4 Å². The lowest BCUT2D eigenvalue weighted by molar-refractivity contribution is -0.118. The van der Waals surface area contributed by atoms with Crippen LogP contribution in [0.25, 0.3) is 11.1 Å². The fraction of sp³-hybridized carbons (Fsp3) is 0.294. The standard InChI is InChI=1S/C17H19NO3S/c1-9(2)15(19)18-16-14(17(20)21)13(8-22-16)12-6-5-10(3)7-11(12)4/h5-9H,1-4H3,(H,18,19)(H,20,21). The highest BCUT2D eigenvalue weighted by molar-refractivity contribution is 7.15. The van der Waals surface area contributed by atoms with Crippen LogP contribution in [0.15, 0.2) is 23.6 Å². The van der Waals surface area contributed by atoms with Crippen LogP contribution in [-0.4, -0.2) is 17.0 Å². The molecule has 5 heteroatoms. The number of hydrogen-bond donors (Lipinski definition) is 2.